The molecule has 0 saturated carbocycles. The highest BCUT2D eigenvalue weighted by atomic mass is 16.5. The molecular formula is C24H22N2O3. The van der Waals surface area contributed by atoms with E-state index in [0.29, 0.717) is 17.9 Å². The topological polar surface area (TPSA) is 70.9 Å². The standard InChI is InChI=1S/C24H22N2O3/c27-24(28)16-13-19-11-14-22(15-12-19)29-23(17-25-20-7-3-1-4-8-20)18-26-21-9-5-2-6-10-21/h1-12,14-15,17-18,25H,13,16H2,(H,27,28)/b23-17-,26-18?. The number of carbonyl (C=O) groups is 1. The largest absolute Gasteiger partial charge is 0.481 e. The Labute approximate surface area is 170 Å². The van der Waals surface area contributed by atoms with Gasteiger partial charge in [-0.1, -0.05) is 48.5 Å². The van der Waals surface area contributed by atoms with Gasteiger partial charge in [0.2, 0.25) is 0 Å². The quantitative estimate of drug-likeness (QED) is 0.379. The van der Waals surface area contributed by atoms with Crippen molar-refractivity contribution in [2.24, 2.45) is 4.99 Å². The van der Waals surface area contributed by atoms with Crippen molar-refractivity contribution in [3.05, 3.63) is 102 Å². The summed E-state index contributed by atoms with van der Waals surface area (Å²) in [5.74, 6) is 0.375. The number of rotatable bonds is 9. The number of nitrogens with zero attached hydrogens (tertiary/aromatic N) is 1. The average molecular weight is 386 g/mol. The normalized spacial score (nSPS) is 11.4. The van der Waals surface area contributed by atoms with Gasteiger partial charge in [0.05, 0.1) is 11.9 Å². The molecule has 3 rings (SSSR count). The Hall–Kier alpha value is -3.86. The first kappa shape index (κ1) is 19.9. The molecule has 0 saturated heterocycles. The summed E-state index contributed by atoms with van der Waals surface area (Å²) >= 11 is 0. The summed E-state index contributed by atoms with van der Waals surface area (Å²) in [6.07, 6.45) is 4.00. The highest BCUT2D eigenvalue weighted by molar-refractivity contribution is 5.80. The fourth-order valence-corrected chi connectivity index (χ4v) is 2.55. The van der Waals surface area contributed by atoms with Crippen LogP contribution in [0, 0.1) is 0 Å². The van der Waals surface area contributed by atoms with E-state index in [2.05, 4.69) is 10.3 Å². The Balaban J connectivity index is 1.73. The van der Waals surface area contributed by atoms with Crippen LogP contribution in [0.25, 0.3) is 0 Å². The molecule has 0 atom stereocenters. The lowest BCUT2D eigenvalue weighted by Gasteiger charge is -2.08. The van der Waals surface area contributed by atoms with Crippen LogP contribution < -0.4 is 10.1 Å². The number of hydrogen-bond acceptors (Lipinski definition) is 4. The highest BCUT2D eigenvalue weighted by Crippen LogP contribution is 2.17. The summed E-state index contributed by atoms with van der Waals surface area (Å²) in [6.45, 7) is 0. The molecule has 0 heterocycles. The molecular weight excluding hydrogens is 364 g/mol. The number of allylic oxidation sites excluding steroid dienone is 1. The third-order valence-corrected chi connectivity index (χ3v) is 4.04. The number of aliphatic imine (C=N–C) groups is 1. The van der Waals surface area contributed by atoms with Gasteiger partial charge < -0.3 is 15.2 Å². The van der Waals surface area contributed by atoms with Crippen LogP contribution in [-0.4, -0.2) is 17.3 Å². The van der Waals surface area contributed by atoms with Crippen molar-refractivity contribution >= 4 is 23.6 Å². The molecule has 0 aliphatic carbocycles. The highest BCUT2D eigenvalue weighted by Gasteiger charge is 2.02. The lowest BCUT2D eigenvalue weighted by molar-refractivity contribution is -0.136. The zero-order valence-electron chi connectivity index (χ0n) is 15.9. The summed E-state index contributed by atoms with van der Waals surface area (Å²) in [4.78, 5) is 15.2. The monoisotopic (exact) mass is 386 g/mol. The lowest BCUT2D eigenvalue weighted by Crippen LogP contribution is -2.01. The summed E-state index contributed by atoms with van der Waals surface area (Å²) in [7, 11) is 0. The molecule has 0 amide bonds. The number of hydrogen-bond donors (Lipinski definition) is 2. The molecule has 5 heteroatoms. The van der Waals surface area contributed by atoms with E-state index in [1.807, 2.05) is 84.9 Å². The number of nitrogens with one attached hydrogen (secondary N) is 1. The van der Waals surface area contributed by atoms with Crippen LogP contribution in [-0.2, 0) is 11.2 Å². The zero-order chi connectivity index (χ0) is 20.3. The minimum absolute atomic E-state index is 0.107. The molecule has 5 nitrogen and oxygen atoms in total. The van der Waals surface area contributed by atoms with E-state index in [0.717, 1.165) is 16.9 Å². The maximum absolute atomic E-state index is 10.7. The minimum atomic E-state index is -0.806. The van der Waals surface area contributed by atoms with Crippen LogP contribution in [0.4, 0.5) is 11.4 Å². The van der Waals surface area contributed by atoms with Crippen molar-refractivity contribution in [2.75, 3.05) is 5.32 Å². The first-order valence-corrected chi connectivity index (χ1v) is 9.28. The zero-order valence-corrected chi connectivity index (χ0v) is 15.9. The molecule has 3 aromatic rings. The van der Waals surface area contributed by atoms with Gasteiger partial charge in [0.25, 0.3) is 0 Å². The van der Waals surface area contributed by atoms with Crippen molar-refractivity contribution in [2.45, 2.75) is 12.8 Å². The Morgan fingerprint density at radius 1 is 0.931 bits per heavy atom. The van der Waals surface area contributed by atoms with Crippen LogP contribution in [0.2, 0.25) is 0 Å². The number of carboxylic acid groups (broad SMARTS) is 1. The molecule has 0 radical (unpaired) electrons. The van der Waals surface area contributed by atoms with E-state index in [4.69, 9.17) is 9.84 Å². The van der Waals surface area contributed by atoms with E-state index in [-0.39, 0.29) is 6.42 Å². The summed E-state index contributed by atoms with van der Waals surface area (Å²) < 4.78 is 5.97. The van der Waals surface area contributed by atoms with E-state index in [1.54, 1.807) is 12.4 Å². The van der Waals surface area contributed by atoms with E-state index >= 15 is 0 Å². The number of ether oxygens (including phenoxy) is 1. The minimum Gasteiger partial charge on any atom is -0.481 e. The molecule has 0 aliphatic heterocycles. The summed E-state index contributed by atoms with van der Waals surface area (Å²) in [6, 6.07) is 26.8. The second kappa shape index (κ2) is 10.5. The molecule has 29 heavy (non-hydrogen) atoms. The molecule has 0 spiro atoms. The van der Waals surface area contributed by atoms with Gasteiger partial charge in [-0.25, -0.2) is 0 Å². The number of anilines is 1. The molecule has 3 aromatic carbocycles. The molecule has 0 aromatic heterocycles. The van der Waals surface area contributed by atoms with Crippen molar-refractivity contribution in [3.63, 3.8) is 0 Å². The number of benzene rings is 3. The van der Waals surface area contributed by atoms with Crippen molar-refractivity contribution < 1.29 is 14.6 Å². The van der Waals surface area contributed by atoms with Gasteiger partial charge >= 0.3 is 5.97 Å². The maximum Gasteiger partial charge on any atom is 0.303 e. The van der Waals surface area contributed by atoms with Crippen LogP contribution in [0.5, 0.6) is 5.75 Å². The SMILES string of the molecule is O=C(O)CCc1ccc(O/C(C=Nc2ccccc2)=C\Nc2ccccc2)cc1. The van der Waals surface area contributed by atoms with Gasteiger partial charge in [0.15, 0.2) is 5.76 Å². The number of aliphatic carboxylic acids is 1. The fourth-order valence-electron chi connectivity index (χ4n) is 2.55. The third-order valence-electron chi connectivity index (χ3n) is 4.04. The van der Waals surface area contributed by atoms with Gasteiger partial charge in [-0.15, -0.1) is 0 Å². The van der Waals surface area contributed by atoms with E-state index < -0.39 is 5.97 Å². The first-order valence-electron chi connectivity index (χ1n) is 9.28. The Morgan fingerprint density at radius 2 is 1.59 bits per heavy atom. The van der Waals surface area contributed by atoms with Crippen LogP contribution >= 0.6 is 0 Å². The van der Waals surface area contributed by atoms with Gasteiger partial charge in [0.1, 0.15) is 5.75 Å². The number of para-hydroxylation sites is 2. The van der Waals surface area contributed by atoms with Crippen molar-refractivity contribution in [1.82, 2.24) is 0 Å². The Bertz CT molecular complexity index is 966. The molecule has 0 bridgehead atoms. The predicted octanol–water partition coefficient (Wildman–Crippen LogP) is 5.44. The number of carboxylic acids is 1. The van der Waals surface area contributed by atoms with Crippen LogP contribution in [0.1, 0.15) is 12.0 Å². The fraction of sp³-hybridized carbons (Fsp3) is 0.0833. The Kier molecular flexibility index (Phi) is 7.18. The summed E-state index contributed by atoms with van der Waals surface area (Å²) in [5, 5.41) is 12.0. The van der Waals surface area contributed by atoms with Gasteiger partial charge in [0, 0.05) is 18.3 Å². The number of aryl methyl sites for hydroxylation is 1. The molecule has 0 unspecified atom stereocenters. The molecule has 0 fully saturated rings. The first-order chi connectivity index (χ1) is 14.2. The lowest BCUT2D eigenvalue weighted by atomic mass is 10.1. The molecule has 2 N–H and O–H groups in total. The smallest absolute Gasteiger partial charge is 0.303 e. The van der Waals surface area contributed by atoms with E-state index in [9.17, 15) is 4.79 Å². The van der Waals surface area contributed by atoms with Crippen LogP contribution in [0.15, 0.2) is 102 Å². The predicted molar refractivity (Wildman–Crippen MR) is 116 cm³/mol. The van der Waals surface area contributed by atoms with Gasteiger partial charge in [-0.2, -0.15) is 0 Å². The Morgan fingerprint density at radius 3 is 2.24 bits per heavy atom. The second-order valence-corrected chi connectivity index (χ2v) is 6.29. The third kappa shape index (κ3) is 6.99. The second-order valence-electron chi connectivity index (χ2n) is 6.29. The average Bonchev–Trinajstić information content (AvgIpc) is 2.76. The molecule has 146 valence electrons. The van der Waals surface area contributed by atoms with Gasteiger partial charge in [-0.05, 0) is 48.4 Å². The van der Waals surface area contributed by atoms with E-state index in [1.165, 1.54) is 0 Å². The summed E-state index contributed by atoms with van der Waals surface area (Å²) in [5.41, 5.74) is 2.71. The van der Waals surface area contributed by atoms with Crippen molar-refractivity contribution in [1.29, 1.82) is 0 Å². The van der Waals surface area contributed by atoms with Gasteiger partial charge in [-0.3, -0.25) is 9.79 Å². The van der Waals surface area contributed by atoms with Crippen LogP contribution in [0.3, 0.4) is 0 Å². The molecule has 0 aliphatic rings. The maximum atomic E-state index is 10.7. The van der Waals surface area contributed by atoms with Crippen molar-refractivity contribution in [3.8, 4) is 5.75 Å².